The van der Waals surface area contributed by atoms with E-state index in [0.29, 0.717) is 18.1 Å². The molecule has 0 fully saturated rings. The van der Waals surface area contributed by atoms with Crippen molar-refractivity contribution in [2.24, 2.45) is 0 Å². The number of aromatic nitrogens is 2. The number of rotatable bonds is 7. The number of hydrogen-bond donors (Lipinski definition) is 1. The Kier molecular flexibility index (Phi) is 6.17. The molecule has 0 unspecified atom stereocenters. The van der Waals surface area contributed by atoms with Crippen molar-refractivity contribution in [3.05, 3.63) is 96.1 Å². The SMILES string of the molecule is C[C@@H](NC(=O)CCc1nc(-c2ccc(-c3ccccc3)cc2)no1)c1ccc(F)cc1. The molecule has 1 N–H and O–H groups in total. The average Bonchev–Trinajstić information content (AvgIpc) is 3.28. The zero-order chi connectivity index (χ0) is 21.6. The molecule has 0 aliphatic heterocycles. The highest BCUT2D eigenvalue weighted by Crippen LogP contribution is 2.23. The third kappa shape index (κ3) is 5.22. The Morgan fingerprint density at radius 2 is 1.58 bits per heavy atom. The van der Waals surface area contributed by atoms with E-state index < -0.39 is 0 Å². The van der Waals surface area contributed by atoms with E-state index in [0.717, 1.165) is 22.3 Å². The number of aryl methyl sites for hydroxylation is 1. The van der Waals surface area contributed by atoms with Gasteiger partial charge in [0.05, 0.1) is 6.04 Å². The molecule has 0 bridgehead atoms. The number of benzene rings is 3. The number of hydrogen-bond acceptors (Lipinski definition) is 4. The molecule has 5 nitrogen and oxygen atoms in total. The molecule has 0 saturated heterocycles. The molecule has 156 valence electrons. The highest BCUT2D eigenvalue weighted by molar-refractivity contribution is 5.76. The van der Waals surface area contributed by atoms with Crippen LogP contribution in [0.3, 0.4) is 0 Å². The van der Waals surface area contributed by atoms with Crippen LogP contribution < -0.4 is 5.32 Å². The fraction of sp³-hybridized carbons (Fsp3) is 0.160. The normalized spacial score (nSPS) is 11.8. The minimum atomic E-state index is -0.302. The monoisotopic (exact) mass is 415 g/mol. The average molecular weight is 415 g/mol. The molecule has 1 atom stereocenters. The first-order valence-electron chi connectivity index (χ1n) is 10.1. The standard InChI is InChI=1S/C25H22FN3O2/c1-17(18-11-13-22(26)14-12-18)27-23(30)15-16-24-28-25(29-31-24)21-9-7-20(8-10-21)19-5-3-2-4-6-19/h2-14,17H,15-16H2,1H3,(H,27,30)/t17-/m1/s1. The molecular formula is C25H22FN3O2. The van der Waals surface area contributed by atoms with E-state index in [-0.39, 0.29) is 24.2 Å². The maximum Gasteiger partial charge on any atom is 0.227 e. The van der Waals surface area contributed by atoms with E-state index in [4.69, 9.17) is 4.52 Å². The molecule has 0 aliphatic carbocycles. The van der Waals surface area contributed by atoms with Crippen LogP contribution in [0.5, 0.6) is 0 Å². The molecule has 0 radical (unpaired) electrons. The van der Waals surface area contributed by atoms with Crippen molar-refractivity contribution in [2.45, 2.75) is 25.8 Å². The Labute approximate surface area is 179 Å². The third-order valence-electron chi connectivity index (χ3n) is 5.03. The predicted octanol–water partition coefficient (Wildman–Crippen LogP) is 5.35. The van der Waals surface area contributed by atoms with E-state index in [1.54, 1.807) is 12.1 Å². The fourth-order valence-electron chi connectivity index (χ4n) is 3.28. The molecule has 0 spiro atoms. The lowest BCUT2D eigenvalue weighted by molar-refractivity contribution is -0.121. The van der Waals surface area contributed by atoms with Gasteiger partial charge in [-0.2, -0.15) is 4.98 Å². The number of nitrogens with zero attached hydrogens (tertiary/aromatic N) is 2. The Hall–Kier alpha value is -3.80. The van der Waals surface area contributed by atoms with E-state index in [1.807, 2.05) is 49.4 Å². The molecule has 31 heavy (non-hydrogen) atoms. The summed E-state index contributed by atoms with van der Waals surface area (Å²) in [6.45, 7) is 1.86. The Morgan fingerprint density at radius 1 is 0.935 bits per heavy atom. The van der Waals surface area contributed by atoms with Crippen molar-refractivity contribution in [2.75, 3.05) is 0 Å². The highest BCUT2D eigenvalue weighted by Gasteiger charge is 2.13. The summed E-state index contributed by atoms with van der Waals surface area (Å²) in [7, 11) is 0. The summed E-state index contributed by atoms with van der Waals surface area (Å²) in [5, 5.41) is 6.93. The topological polar surface area (TPSA) is 68.0 Å². The van der Waals surface area contributed by atoms with Gasteiger partial charge in [0.15, 0.2) is 0 Å². The van der Waals surface area contributed by atoms with E-state index in [9.17, 15) is 9.18 Å². The van der Waals surface area contributed by atoms with Crippen molar-refractivity contribution >= 4 is 5.91 Å². The van der Waals surface area contributed by atoms with Gasteiger partial charge in [-0.3, -0.25) is 4.79 Å². The van der Waals surface area contributed by atoms with Gasteiger partial charge in [0.25, 0.3) is 0 Å². The summed E-state index contributed by atoms with van der Waals surface area (Å²) in [6.07, 6.45) is 0.567. The van der Waals surface area contributed by atoms with Crippen LogP contribution in [-0.4, -0.2) is 16.0 Å². The first-order valence-corrected chi connectivity index (χ1v) is 10.1. The van der Waals surface area contributed by atoms with Crippen molar-refractivity contribution in [1.82, 2.24) is 15.5 Å². The van der Waals surface area contributed by atoms with Crippen LogP contribution >= 0.6 is 0 Å². The molecule has 1 heterocycles. The minimum Gasteiger partial charge on any atom is -0.350 e. The second kappa shape index (κ2) is 9.34. The van der Waals surface area contributed by atoms with Gasteiger partial charge in [-0.1, -0.05) is 71.9 Å². The van der Waals surface area contributed by atoms with Crippen molar-refractivity contribution < 1.29 is 13.7 Å². The Morgan fingerprint density at radius 3 is 2.29 bits per heavy atom. The van der Waals surface area contributed by atoms with Crippen molar-refractivity contribution in [3.8, 4) is 22.5 Å². The van der Waals surface area contributed by atoms with Gasteiger partial charge in [0.1, 0.15) is 5.82 Å². The fourth-order valence-corrected chi connectivity index (χ4v) is 3.28. The molecular weight excluding hydrogens is 393 g/mol. The summed E-state index contributed by atoms with van der Waals surface area (Å²) in [5.41, 5.74) is 3.95. The number of halogens is 1. The van der Waals surface area contributed by atoms with Gasteiger partial charge in [0.2, 0.25) is 17.6 Å². The lowest BCUT2D eigenvalue weighted by Crippen LogP contribution is -2.26. The maximum absolute atomic E-state index is 13.0. The van der Waals surface area contributed by atoms with Gasteiger partial charge in [-0.05, 0) is 35.7 Å². The number of carbonyl (C=O) groups is 1. The van der Waals surface area contributed by atoms with Gasteiger partial charge >= 0.3 is 0 Å². The third-order valence-corrected chi connectivity index (χ3v) is 5.03. The first-order chi connectivity index (χ1) is 15.1. The van der Waals surface area contributed by atoms with E-state index >= 15 is 0 Å². The Bertz CT molecular complexity index is 1140. The first kappa shape index (κ1) is 20.5. The largest absolute Gasteiger partial charge is 0.350 e. The number of amides is 1. The van der Waals surface area contributed by atoms with Gasteiger partial charge in [-0.25, -0.2) is 4.39 Å². The number of carbonyl (C=O) groups excluding carboxylic acids is 1. The van der Waals surface area contributed by atoms with Crippen LogP contribution in [0.25, 0.3) is 22.5 Å². The maximum atomic E-state index is 13.0. The molecule has 1 aromatic heterocycles. The summed E-state index contributed by atoms with van der Waals surface area (Å²) < 4.78 is 18.3. The smallest absolute Gasteiger partial charge is 0.227 e. The van der Waals surface area contributed by atoms with Gasteiger partial charge < -0.3 is 9.84 Å². The van der Waals surface area contributed by atoms with Crippen molar-refractivity contribution in [1.29, 1.82) is 0 Å². The lowest BCUT2D eigenvalue weighted by atomic mass is 10.0. The Balaban J connectivity index is 1.32. The van der Waals surface area contributed by atoms with Gasteiger partial charge in [0, 0.05) is 18.4 Å². The van der Waals surface area contributed by atoms with Crippen LogP contribution in [0.4, 0.5) is 4.39 Å². The molecule has 1 amide bonds. The summed E-state index contributed by atoms with van der Waals surface area (Å²) in [5.74, 6) is 0.467. The molecule has 4 aromatic rings. The van der Waals surface area contributed by atoms with Crippen LogP contribution in [-0.2, 0) is 11.2 Å². The molecule has 0 saturated carbocycles. The van der Waals surface area contributed by atoms with Crippen LogP contribution in [0.2, 0.25) is 0 Å². The van der Waals surface area contributed by atoms with Crippen LogP contribution in [0.15, 0.2) is 83.4 Å². The lowest BCUT2D eigenvalue weighted by Gasteiger charge is -2.13. The molecule has 3 aromatic carbocycles. The zero-order valence-corrected chi connectivity index (χ0v) is 17.1. The predicted molar refractivity (Wildman–Crippen MR) is 116 cm³/mol. The zero-order valence-electron chi connectivity index (χ0n) is 17.1. The van der Waals surface area contributed by atoms with Gasteiger partial charge in [-0.15, -0.1) is 0 Å². The summed E-state index contributed by atoms with van der Waals surface area (Å²) >= 11 is 0. The highest BCUT2D eigenvalue weighted by atomic mass is 19.1. The van der Waals surface area contributed by atoms with Crippen LogP contribution in [0.1, 0.15) is 30.8 Å². The van der Waals surface area contributed by atoms with Crippen LogP contribution in [0, 0.1) is 5.82 Å². The molecule has 0 aliphatic rings. The van der Waals surface area contributed by atoms with E-state index in [2.05, 4.69) is 27.6 Å². The molecule has 4 rings (SSSR count). The minimum absolute atomic E-state index is 0.135. The summed E-state index contributed by atoms with van der Waals surface area (Å²) in [6, 6.07) is 23.9. The second-order valence-corrected chi connectivity index (χ2v) is 7.30. The quantitative estimate of drug-likeness (QED) is 0.442. The summed E-state index contributed by atoms with van der Waals surface area (Å²) in [4.78, 5) is 16.6. The number of nitrogens with one attached hydrogen (secondary N) is 1. The second-order valence-electron chi connectivity index (χ2n) is 7.30. The van der Waals surface area contributed by atoms with E-state index in [1.165, 1.54) is 12.1 Å². The van der Waals surface area contributed by atoms with Crippen molar-refractivity contribution in [3.63, 3.8) is 0 Å². The molecule has 6 heteroatoms.